The molecule has 1 heterocycles. The lowest BCUT2D eigenvalue weighted by Gasteiger charge is -2.25. The van der Waals surface area contributed by atoms with Gasteiger partial charge >= 0.3 is 5.97 Å². The molecule has 1 aliphatic heterocycles. The summed E-state index contributed by atoms with van der Waals surface area (Å²) in [5.41, 5.74) is 0.380. The number of rotatable bonds is 5. The van der Waals surface area contributed by atoms with Crippen molar-refractivity contribution in [2.45, 2.75) is 13.0 Å². The summed E-state index contributed by atoms with van der Waals surface area (Å²) in [7, 11) is 0. The number of aliphatic hydroxyl groups is 1. The molecule has 3 aromatic rings. The summed E-state index contributed by atoms with van der Waals surface area (Å²) >= 11 is 0. The Morgan fingerprint density at radius 3 is 2.26 bits per heavy atom. The molecule has 1 unspecified atom stereocenters. The zero-order valence-electron chi connectivity index (χ0n) is 17.8. The number of nitro groups is 1. The van der Waals surface area contributed by atoms with Gasteiger partial charge in [0.25, 0.3) is 17.4 Å². The summed E-state index contributed by atoms with van der Waals surface area (Å²) in [6, 6.07) is 16.1. The number of benzene rings is 3. The molecule has 0 aliphatic carbocycles. The van der Waals surface area contributed by atoms with Crippen molar-refractivity contribution in [3.05, 3.63) is 111 Å². The Bertz CT molecular complexity index is 1380. The van der Waals surface area contributed by atoms with E-state index in [4.69, 9.17) is 0 Å². The number of carbonyl (C=O) groups is 3. The first-order valence-electron chi connectivity index (χ1n) is 10.2. The third-order valence-corrected chi connectivity index (χ3v) is 5.57. The largest absolute Gasteiger partial charge is 0.507 e. The van der Waals surface area contributed by atoms with Crippen LogP contribution in [0.15, 0.2) is 78.4 Å². The lowest BCUT2D eigenvalue weighted by molar-refractivity contribution is -0.385. The summed E-state index contributed by atoms with van der Waals surface area (Å²) in [5.74, 6) is -3.82. The van der Waals surface area contributed by atoms with E-state index in [0.29, 0.717) is 0 Å². The average molecular weight is 458 g/mol. The molecule has 34 heavy (non-hydrogen) atoms. The van der Waals surface area contributed by atoms with Crippen LogP contribution in [0, 0.1) is 17.0 Å². The predicted molar refractivity (Wildman–Crippen MR) is 122 cm³/mol. The van der Waals surface area contributed by atoms with Crippen LogP contribution in [0.25, 0.3) is 5.76 Å². The van der Waals surface area contributed by atoms with Crippen LogP contribution in [0.3, 0.4) is 0 Å². The van der Waals surface area contributed by atoms with Crippen molar-refractivity contribution in [3.63, 3.8) is 0 Å². The Morgan fingerprint density at radius 1 is 0.941 bits per heavy atom. The number of ketones is 1. The van der Waals surface area contributed by atoms with Gasteiger partial charge < -0.3 is 10.2 Å². The predicted octanol–water partition coefficient (Wildman–Crippen LogP) is 4.23. The van der Waals surface area contributed by atoms with E-state index in [1.165, 1.54) is 48.5 Å². The molecule has 1 atom stereocenters. The zero-order valence-corrected chi connectivity index (χ0v) is 17.8. The Balaban J connectivity index is 2.02. The molecule has 0 aromatic heterocycles. The number of anilines is 1. The fourth-order valence-corrected chi connectivity index (χ4v) is 3.93. The van der Waals surface area contributed by atoms with Gasteiger partial charge in [0, 0.05) is 17.3 Å². The fourth-order valence-electron chi connectivity index (χ4n) is 3.93. The van der Waals surface area contributed by atoms with E-state index < -0.39 is 34.4 Å². The third-order valence-electron chi connectivity index (χ3n) is 5.57. The molecular weight excluding hydrogens is 440 g/mol. The molecule has 170 valence electrons. The second kappa shape index (κ2) is 8.62. The zero-order chi connectivity index (χ0) is 24.6. The Labute approximate surface area is 193 Å². The number of carbonyl (C=O) groups excluding carboxylic acids is 2. The van der Waals surface area contributed by atoms with Crippen LogP contribution in [-0.2, 0) is 9.59 Å². The molecule has 1 saturated heterocycles. The smallest absolute Gasteiger partial charge is 0.335 e. The molecule has 1 fully saturated rings. The quantitative estimate of drug-likeness (QED) is 0.192. The van der Waals surface area contributed by atoms with Crippen molar-refractivity contribution in [2.24, 2.45) is 0 Å². The highest BCUT2D eigenvalue weighted by molar-refractivity contribution is 6.51. The SMILES string of the molecule is Cc1ccc(C(O)=C2C(=O)C(=O)N(c3cccc(C(=O)O)c3)C2c2ccccc2[N+](=O)[O-])cc1. The van der Waals surface area contributed by atoms with E-state index in [1.54, 1.807) is 24.3 Å². The van der Waals surface area contributed by atoms with Crippen LogP contribution >= 0.6 is 0 Å². The summed E-state index contributed by atoms with van der Waals surface area (Å²) in [5, 5.41) is 32.2. The topological polar surface area (TPSA) is 138 Å². The average Bonchev–Trinajstić information content (AvgIpc) is 3.09. The molecule has 3 aromatic carbocycles. The van der Waals surface area contributed by atoms with Crippen molar-refractivity contribution in [1.29, 1.82) is 0 Å². The Kier molecular flexibility index (Phi) is 5.68. The monoisotopic (exact) mass is 458 g/mol. The van der Waals surface area contributed by atoms with Crippen molar-refractivity contribution >= 4 is 34.8 Å². The number of aromatic carboxylic acids is 1. The summed E-state index contributed by atoms with van der Waals surface area (Å²) in [4.78, 5) is 49.9. The number of nitrogens with zero attached hydrogens (tertiary/aromatic N) is 2. The first kappa shape index (κ1) is 22.4. The van der Waals surface area contributed by atoms with Gasteiger partial charge in [-0.2, -0.15) is 0 Å². The molecule has 0 saturated carbocycles. The van der Waals surface area contributed by atoms with Crippen molar-refractivity contribution in [3.8, 4) is 0 Å². The summed E-state index contributed by atoms with van der Waals surface area (Å²) in [6.45, 7) is 1.84. The van der Waals surface area contributed by atoms with Crippen LogP contribution in [0.1, 0.15) is 33.1 Å². The highest BCUT2D eigenvalue weighted by Crippen LogP contribution is 2.44. The highest BCUT2D eigenvalue weighted by Gasteiger charge is 2.49. The molecule has 0 spiro atoms. The van der Waals surface area contributed by atoms with Gasteiger partial charge in [-0.15, -0.1) is 0 Å². The molecular formula is C25H18N2O7. The lowest BCUT2D eigenvalue weighted by atomic mass is 9.93. The number of aliphatic hydroxyl groups excluding tert-OH is 1. The molecule has 1 aliphatic rings. The van der Waals surface area contributed by atoms with E-state index in [-0.39, 0.29) is 33.6 Å². The number of aryl methyl sites for hydroxylation is 1. The highest BCUT2D eigenvalue weighted by atomic mass is 16.6. The molecule has 0 radical (unpaired) electrons. The van der Waals surface area contributed by atoms with E-state index in [0.717, 1.165) is 10.5 Å². The minimum atomic E-state index is -1.35. The minimum Gasteiger partial charge on any atom is -0.507 e. The fraction of sp³-hybridized carbons (Fsp3) is 0.0800. The number of hydrogen-bond acceptors (Lipinski definition) is 6. The Hall–Kier alpha value is -4.79. The summed E-state index contributed by atoms with van der Waals surface area (Å²) in [6.07, 6.45) is 0. The van der Waals surface area contributed by atoms with Crippen LogP contribution in [0.4, 0.5) is 11.4 Å². The number of carboxylic acids is 1. The third kappa shape index (κ3) is 3.79. The van der Waals surface area contributed by atoms with Crippen LogP contribution < -0.4 is 4.90 Å². The molecule has 9 nitrogen and oxygen atoms in total. The normalized spacial score (nSPS) is 17.1. The van der Waals surface area contributed by atoms with E-state index >= 15 is 0 Å². The minimum absolute atomic E-state index is 0.00101. The number of amides is 1. The second-order valence-electron chi connectivity index (χ2n) is 7.71. The van der Waals surface area contributed by atoms with Gasteiger partial charge in [0.05, 0.1) is 21.6 Å². The summed E-state index contributed by atoms with van der Waals surface area (Å²) < 4.78 is 0. The van der Waals surface area contributed by atoms with E-state index in [1.807, 2.05) is 6.92 Å². The molecule has 0 bridgehead atoms. The standard InChI is InChI=1S/C25H18N2O7/c1-14-9-11-15(12-10-14)22(28)20-21(18-7-2-3-8-19(18)27(33)34)26(24(30)23(20)29)17-6-4-5-16(13-17)25(31)32/h2-13,21,28H,1H3,(H,31,32). The van der Waals surface area contributed by atoms with Gasteiger partial charge in [-0.25, -0.2) is 4.79 Å². The van der Waals surface area contributed by atoms with E-state index in [9.17, 15) is 34.7 Å². The number of carboxylic acid groups (broad SMARTS) is 1. The number of hydrogen-bond donors (Lipinski definition) is 2. The maximum Gasteiger partial charge on any atom is 0.335 e. The van der Waals surface area contributed by atoms with Gasteiger partial charge in [-0.05, 0) is 31.2 Å². The number of nitro benzene ring substituents is 1. The van der Waals surface area contributed by atoms with Gasteiger partial charge in [0.1, 0.15) is 11.8 Å². The van der Waals surface area contributed by atoms with Crippen LogP contribution in [-0.4, -0.2) is 32.8 Å². The second-order valence-corrected chi connectivity index (χ2v) is 7.71. The van der Waals surface area contributed by atoms with Crippen LogP contribution in [0.2, 0.25) is 0 Å². The molecule has 9 heteroatoms. The molecule has 2 N–H and O–H groups in total. The first-order chi connectivity index (χ1) is 16.2. The van der Waals surface area contributed by atoms with Crippen LogP contribution in [0.5, 0.6) is 0 Å². The van der Waals surface area contributed by atoms with Crippen molar-refractivity contribution < 1.29 is 29.5 Å². The van der Waals surface area contributed by atoms with Crippen molar-refractivity contribution in [2.75, 3.05) is 4.90 Å². The van der Waals surface area contributed by atoms with Gasteiger partial charge in [0.15, 0.2) is 0 Å². The van der Waals surface area contributed by atoms with Crippen molar-refractivity contribution in [1.82, 2.24) is 0 Å². The molecule has 4 rings (SSSR count). The lowest BCUT2D eigenvalue weighted by Crippen LogP contribution is -2.30. The molecule has 1 amide bonds. The number of Topliss-reactive ketones (excluding diaryl/α,β-unsaturated/α-hetero) is 1. The Morgan fingerprint density at radius 2 is 1.62 bits per heavy atom. The maximum atomic E-state index is 13.2. The maximum absolute atomic E-state index is 13.2. The van der Waals surface area contributed by atoms with E-state index in [2.05, 4.69) is 0 Å². The van der Waals surface area contributed by atoms with Gasteiger partial charge in [-0.3, -0.25) is 24.6 Å². The number of para-hydroxylation sites is 1. The van der Waals surface area contributed by atoms with Gasteiger partial charge in [-0.1, -0.05) is 48.0 Å². The van der Waals surface area contributed by atoms with Gasteiger partial charge in [0.2, 0.25) is 0 Å². The first-order valence-corrected chi connectivity index (χ1v) is 10.2.